The lowest BCUT2D eigenvalue weighted by atomic mass is 10.2. The number of anilines is 1. The van der Waals surface area contributed by atoms with E-state index in [1.807, 2.05) is 5.32 Å². The van der Waals surface area contributed by atoms with Crippen LogP contribution in [0.3, 0.4) is 0 Å². The Hall–Kier alpha value is -2.18. The first-order chi connectivity index (χ1) is 8.38. The van der Waals surface area contributed by atoms with E-state index in [0.29, 0.717) is 0 Å². The lowest BCUT2D eigenvalue weighted by Gasteiger charge is -2.14. The van der Waals surface area contributed by atoms with E-state index >= 15 is 0 Å². The van der Waals surface area contributed by atoms with Crippen LogP contribution in [0.5, 0.6) is 0 Å². The summed E-state index contributed by atoms with van der Waals surface area (Å²) < 4.78 is 38.0. The van der Waals surface area contributed by atoms with E-state index < -0.39 is 17.4 Å². The number of alkyl halides is 3. The molecule has 0 amide bonds. The molecule has 7 heteroatoms. The maximum atomic E-state index is 12.7. The maximum Gasteiger partial charge on any atom is 0.433 e. The molecule has 0 fully saturated rings. The van der Waals surface area contributed by atoms with Crippen LogP contribution in [-0.4, -0.2) is 6.18 Å². The first kappa shape index (κ1) is 13.9. The number of hydrogen-bond acceptors (Lipinski definition) is 3. The van der Waals surface area contributed by atoms with Gasteiger partial charge in [-0.1, -0.05) is 17.7 Å². The summed E-state index contributed by atoms with van der Waals surface area (Å²) in [7, 11) is 0. The quantitative estimate of drug-likeness (QED) is 0.836. The Balaban J connectivity index is 3.22. The van der Waals surface area contributed by atoms with E-state index in [1.165, 1.54) is 36.4 Å². The van der Waals surface area contributed by atoms with E-state index in [9.17, 15) is 13.2 Å². The van der Waals surface area contributed by atoms with Gasteiger partial charge in [-0.2, -0.15) is 23.7 Å². The topological polar surface area (TPSA) is 59.6 Å². The van der Waals surface area contributed by atoms with Crippen molar-refractivity contribution in [2.24, 2.45) is 0 Å². The third-order valence-electron chi connectivity index (χ3n) is 1.85. The van der Waals surface area contributed by atoms with Crippen molar-refractivity contribution in [3.63, 3.8) is 0 Å². The molecule has 0 aliphatic heterocycles. The molecule has 0 heterocycles. The maximum absolute atomic E-state index is 12.7. The number of allylic oxidation sites excluding steroid dienone is 2. The molecule has 0 saturated carbocycles. The molecule has 1 aromatic rings. The van der Waals surface area contributed by atoms with Gasteiger partial charge in [-0.05, 0) is 18.2 Å². The summed E-state index contributed by atoms with van der Waals surface area (Å²) >= 11 is 5.62. The van der Waals surface area contributed by atoms with Crippen LogP contribution in [0.25, 0.3) is 0 Å². The second kappa shape index (κ2) is 5.44. The van der Waals surface area contributed by atoms with Crippen LogP contribution in [0.2, 0.25) is 5.02 Å². The molecule has 0 aliphatic carbocycles. The Labute approximate surface area is 106 Å². The molecule has 3 nitrogen and oxygen atoms in total. The number of benzene rings is 1. The minimum atomic E-state index is -4.83. The number of hydrogen-bond donors (Lipinski definition) is 1. The van der Waals surface area contributed by atoms with E-state index in [2.05, 4.69) is 0 Å². The predicted molar refractivity (Wildman–Crippen MR) is 59.4 cm³/mol. The molecule has 0 saturated heterocycles. The van der Waals surface area contributed by atoms with Gasteiger partial charge in [0.25, 0.3) is 0 Å². The summed E-state index contributed by atoms with van der Waals surface area (Å²) in [6.45, 7) is 0. The molecule has 0 unspecified atom stereocenters. The Morgan fingerprint density at radius 1 is 1.22 bits per heavy atom. The van der Waals surface area contributed by atoms with E-state index in [0.717, 1.165) is 0 Å². The zero-order chi connectivity index (χ0) is 13.8. The van der Waals surface area contributed by atoms with Crippen LogP contribution in [0, 0.1) is 22.7 Å². The summed E-state index contributed by atoms with van der Waals surface area (Å²) in [5, 5.41) is 19.2. The number of nitrogens with one attached hydrogen (secondary N) is 1. The van der Waals surface area contributed by atoms with Gasteiger partial charge >= 0.3 is 6.18 Å². The van der Waals surface area contributed by atoms with Crippen LogP contribution in [0.15, 0.2) is 35.5 Å². The third-order valence-corrected chi connectivity index (χ3v) is 2.09. The highest BCUT2D eigenvalue weighted by molar-refractivity contribution is 6.30. The molecular weight excluding hydrogens is 267 g/mol. The van der Waals surface area contributed by atoms with Gasteiger partial charge in [-0.25, -0.2) is 0 Å². The molecule has 0 bridgehead atoms. The van der Waals surface area contributed by atoms with Crippen LogP contribution >= 0.6 is 11.6 Å². The molecule has 0 spiro atoms. The van der Waals surface area contributed by atoms with Crippen molar-refractivity contribution in [1.82, 2.24) is 0 Å². The number of halogens is 4. The zero-order valence-electron chi connectivity index (χ0n) is 8.72. The van der Waals surface area contributed by atoms with Gasteiger partial charge < -0.3 is 5.32 Å². The lowest BCUT2D eigenvalue weighted by molar-refractivity contribution is -0.0906. The van der Waals surface area contributed by atoms with Crippen LogP contribution in [-0.2, 0) is 0 Å². The normalized spacial score (nSPS) is 10.1. The van der Waals surface area contributed by atoms with Crippen molar-refractivity contribution in [3.05, 3.63) is 40.6 Å². The van der Waals surface area contributed by atoms with Gasteiger partial charge in [0.05, 0.1) is 0 Å². The number of nitriles is 2. The van der Waals surface area contributed by atoms with Crippen LogP contribution < -0.4 is 5.32 Å². The van der Waals surface area contributed by atoms with Crippen LogP contribution in [0.1, 0.15) is 0 Å². The fourth-order valence-corrected chi connectivity index (χ4v) is 1.31. The minimum Gasteiger partial charge on any atom is -0.350 e. The van der Waals surface area contributed by atoms with Crippen molar-refractivity contribution < 1.29 is 13.2 Å². The van der Waals surface area contributed by atoms with E-state index in [4.69, 9.17) is 22.1 Å². The van der Waals surface area contributed by atoms with Gasteiger partial charge in [0, 0.05) is 10.7 Å². The third kappa shape index (κ3) is 3.41. The lowest BCUT2D eigenvalue weighted by Crippen LogP contribution is -2.21. The number of nitrogens with zero attached hydrogens (tertiary/aromatic N) is 2. The molecule has 1 N–H and O–H groups in total. The smallest absolute Gasteiger partial charge is 0.350 e. The van der Waals surface area contributed by atoms with Crippen molar-refractivity contribution >= 4 is 17.3 Å². The predicted octanol–water partition coefficient (Wildman–Crippen LogP) is 3.62. The van der Waals surface area contributed by atoms with Gasteiger partial charge in [-0.3, -0.25) is 0 Å². The summed E-state index contributed by atoms with van der Waals surface area (Å²) in [5.74, 6) is 0. The first-order valence-electron chi connectivity index (χ1n) is 4.52. The Morgan fingerprint density at radius 2 is 1.83 bits per heavy atom. The highest BCUT2D eigenvalue weighted by atomic mass is 35.5. The van der Waals surface area contributed by atoms with Gasteiger partial charge in [0.15, 0.2) is 5.57 Å². The Kier molecular flexibility index (Phi) is 4.19. The molecule has 0 atom stereocenters. The Bertz CT molecular complexity index is 548. The van der Waals surface area contributed by atoms with Gasteiger partial charge in [0.1, 0.15) is 17.8 Å². The molecule has 1 rings (SSSR count). The van der Waals surface area contributed by atoms with Gasteiger partial charge in [-0.15, -0.1) is 0 Å². The molecule has 92 valence electrons. The molecular formula is C11H5ClF3N3. The summed E-state index contributed by atoms with van der Waals surface area (Å²) in [4.78, 5) is 0. The van der Waals surface area contributed by atoms with Gasteiger partial charge in [0.2, 0.25) is 0 Å². The second-order valence-electron chi connectivity index (χ2n) is 3.11. The molecule has 1 aromatic carbocycles. The largest absolute Gasteiger partial charge is 0.433 e. The molecule has 18 heavy (non-hydrogen) atoms. The fourth-order valence-electron chi connectivity index (χ4n) is 1.12. The van der Waals surface area contributed by atoms with Crippen molar-refractivity contribution in [2.75, 3.05) is 5.32 Å². The highest BCUT2D eigenvalue weighted by Crippen LogP contribution is 2.29. The standard InChI is InChI=1S/C11H5ClF3N3/c12-8-2-1-3-9(4-8)18-10(11(13,14)15)7(5-16)6-17/h1-4,18H. The Morgan fingerprint density at radius 3 is 2.28 bits per heavy atom. The molecule has 0 radical (unpaired) electrons. The summed E-state index contributed by atoms with van der Waals surface area (Å²) in [6, 6.07) is 7.91. The van der Waals surface area contributed by atoms with E-state index in [1.54, 1.807) is 0 Å². The average Bonchev–Trinajstić information content (AvgIpc) is 2.28. The minimum absolute atomic E-state index is 0.0397. The zero-order valence-corrected chi connectivity index (χ0v) is 9.47. The van der Waals surface area contributed by atoms with Crippen molar-refractivity contribution in [3.8, 4) is 12.1 Å². The SMILES string of the molecule is N#CC(C#N)=C(Nc1cccc(Cl)c1)C(F)(F)F. The highest BCUT2D eigenvalue weighted by Gasteiger charge is 2.37. The van der Waals surface area contributed by atoms with Crippen molar-refractivity contribution in [1.29, 1.82) is 10.5 Å². The average molecular weight is 272 g/mol. The summed E-state index contributed by atoms with van der Waals surface area (Å²) in [5.41, 5.74) is -2.41. The second-order valence-corrected chi connectivity index (χ2v) is 3.54. The molecule has 0 aromatic heterocycles. The fraction of sp³-hybridized carbons (Fsp3) is 0.0909. The first-order valence-corrected chi connectivity index (χ1v) is 4.90. The van der Waals surface area contributed by atoms with Crippen LogP contribution in [0.4, 0.5) is 18.9 Å². The number of rotatable bonds is 2. The summed E-state index contributed by atoms with van der Waals surface area (Å²) in [6.07, 6.45) is -4.83. The van der Waals surface area contributed by atoms with Crippen molar-refractivity contribution in [2.45, 2.75) is 6.18 Å². The van der Waals surface area contributed by atoms with E-state index in [-0.39, 0.29) is 10.7 Å². The molecule has 0 aliphatic rings. The monoisotopic (exact) mass is 271 g/mol.